The number of hydrogen-bond acceptors (Lipinski definition) is 2. The predicted molar refractivity (Wildman–Crippen MR) is 75.0 cm³/mol. The van der Waals surface area contributed by atoms with E-state index in [4.69, 9.17) is 0 Å². The molecule has 0 aromatic heterocycles. The molecule has 1 fully saturated rings. The standard InChI is InChI=1S/C15H22N2O/c1-15(2,3)13-4-6-14(7-5-13)17-10-8-16(12-18)9-11-17/h4-7,12H,8-11H2,1-3H3. The third kappa shape index (κ3) is 2.84. The molecule has 0 radical (unpaired) electrons. The van der Waals surface area contributed by atoms with Crippen LogP contribution in [0.4, 0.5) is 5.69 Å². The lowest BCUT2D eigenvalue weighted by Crippen LogP contribution is -2.45. The molecule has 3 heteroatoms. The van der Waals surface area contributed by atoms with Gasteiger partial charge in [-0.15, -0.1) is 0 Å². The monoisotopic (exact) mass is 246 g/mol. The minimum atomic E-state index is 0.203. The average Bonchev–Trinajstić information content (AvgIpc) is 2.38. The molecular formula is C15H22N2O. The van der Waals surface area contributed by atoms with Gasteiger partial charge in [0.1, 0.15) is 0 Å². The van der Waals surface area contributed by atoms with E-state index in [0.29, 0.717) is 0 Å². The summed E-state index contributed by atoms with van der Waals surface area (Å²) in [4.78, 5) is 14.8. The van der Waals surface area contributed by atoms with Crippen LogP contribution in [0, 0.1) is 0 Å². The summed E-state index contributed by atoms with van der Waals surface area (Å²) in [6.45, 7) is 10.2. The third-order valence-electron chi connectivity index (χ3n) is 3.56. The van der Waals surface area contributed by atoms with Gasteiger partial charge in [0.2, 0.25) is 6.41 Å². The molecule has 1 aromatic rings. The highest BCUT2D eigenvalue weighted by Crippen LogP contribution is 2.25. The summed E-state index contributed by atoms with van der Waals surface area (Å²) >= 11 is 0. The summed E-state index contributed by atoms with van der Waals surface area (Å²) in [7, 11) is 0. The Morgan fingerprint density at radius 1 is 1.00 bits per heavy atom. The highest BCUT2D eigenvalue weighted by atomic mass is 16.1. The van der Waals surface area contributed by atoms with E-state index in [9.17, 15) is 4.79 Å². The number of nitrogens with zero attached hydrogens (tertiary/aromatic N) is 2. The van der Waals surface area contributed by atoms with Crippen LogP contribution < -0.4 is 4.90 Å². The molecule has 0 aliphatic carbocycles. The summed E-state index contributed by atoms with van der Waals surface area (Å²) in [5.74, 6) is 0. The van der Waals surface area contributed by atoms with Crippen LogP contribution in [0.15, 0.2) is 24.3 Å². The summed E-state index contributed by atoms with van der Waals surface area (Å²) < 4.78 is 0. The van der Waals surface area contributed by atoms with E-state index in [-0.39, 0.29) is 5.41 Å². The number of benzene rings is 1. The third-order valence-corrected chi connectivity index (χ3v) is 3.56. The molecule has 2 rings (SSSR count). The largest absolute Gasteiger partial charge is 0.368 e. The van der Waals surface area contributed by atoms with Gasteiger partial charge >= 0.3 is 0 Å². The smallest absolute Gasteiger partial charge is 0.209 e. The van der Waals surface area contributed by atoms with Gasteiger partial charge < -0.3 is 9.80 Å². The molecule has 1 amide bonds. The zero-order chi connectivity index (χ0) is 13.2. The Morgan fingerprint density at radius 2 is 1.56 bits per heavy atom. The second-order valence-electron chi connectivity index (χ2n) is 5.93. The van der Waals surface area contributed by atoms with Gasteiger partial charge in [0, 0.05) is 31.9 Å². The molecule has 0 spiro atoms. The number of carbonyl (C=O) groups is 1. The van der Waals surface area contributed by atoms with E-state index < -0.39 is 0 Å². The second-order valence-corrected chi connectivity index (χ2v) is 5.93. The van der Waals surface area contributed by atoms with Crippen molar-refractivity contribution in [3.8, 4) is 0 Å². The van der Waals surface area contributed by atoms with E-state index in [1.807, 2.05) is 4.90 Å². The fourth-order valence-electron chi connectivity index (χ4n) is 2.26. The summed E-state index contributed by atoms with van der Waals surface area (Å²) in [5.41, 5.74) is 2.82. The molecule has 0 bridgehead atoms. The number of hydrogen-bond donors (Lipinski definition) is 0. The maximum Gasteiger partial charge on any atom is 0.209 e. The van der Waals surface area contributed by atoms with Crippen molar-refractivity contribution >= 4 is 12.1 Å². The van der Waals surface area contributed by atoms with Gasteiger partial charge in [-0.1, -0.05) is 32.9 Å². The van der Waals surface area contributed by atoms with E-state index in [1.165, 1.54) is 11.3 Å². The van der Waals surface area contributed by atoms with Crippen LogP contribution in [-0.4, -0.2) is 37.5 Å². The minimum absolute atomic E-state index is 0.203. The Balaban J connectivity index is 2.05. The molecule has 0 unspecified atom stereocenters. The molecule has 1 aliphatic heterocycles. The van der Waals surface area contributed by atoms with Crippen LogP contribution in [0.1, 0.15) is 26.3 Å². The lowest BCUT2D eigenvalue weighted by Gasteiger charge is -2.34. The van der Waals surface area contributed by atoms with E-state index in [1.54, 1.807) is 0 Å². The van der Waals surface area contributed by atoms with Gasteiger partial charge in [-0.3, -0.25) is 4.79 Å². The van der Waals surface area contributed by atoms with Crippen molar-refractivity contribution in [1.29, 1.82) is 0 Å². The van der Waals surface area contributed by atoms with Crippen molar-refractivity contribution in [3.05, 3.63) is 29.8 Å². The quantitative estimate of drug-likeness (QED) is 0.747. The van der Waals surface area contributed by atoms with Crippen molar-refractivity contribution in [2.45, 2.75) is 26.2 Å². The summed E-state index contributed by atoms with van der Waals surface area (Å²) in [5, 5.41) is 0. The number of piperazine rings is 1. The predicted octanol–water partition coefficient (Wildman–Crippen LogP) is 2.26. The molecule has 0 saturated carbocycles. The summed E-state index contributed by atoms with van der Waals surface area (Å²) in [6, 6.07) is 8.80. The average molecular weight is 246 g/mol. The first-order valence-corrected chi connectivity index (χ1v) is 6.55. The Morgan fingerprint density at radius 3 is 2.00 bits per heavy atom. The number of rotatable bonds is 2. The molecular weight excluding hydrogens is 224 g/mol. The van der Waals surface area contributed by atoms with Crippen molar-refractivity contribution in [1.82, 2.24) is 4.90 Å². The topological polar surface area (TPSA) is 23.6 Å². The minimum Gasteiger partial charge on any atom is -0.368 e. The van der Waals surface area contributed by atoms with Gasteiger partial charge in [-0.2, -0.15) is 0 Å². The fraction of sp³-hybridized carbons (Fsp3) is 0.533. The molecule has 98 valence electrons. The van der Waals surface area contributed by atoms with Crippen LogP contribution in [-0.2, 0) is 10.2 Å². The van der Waals surface area contributed by atoms with Crippen LogP contribution in [0.25, 0.3) is 0 Å². The fourth-order valence-corrected chi connectivity index (χ4v) is 2.26. The first-order valence-electron chi connectivity index (χ1n) is 6.55. The van der Waals surface area contributed by atoms with Crippen molar-refractivity contribution < 1.29 is 4.79 Å². The zero-order valence-corrected chi connectivity index (χ0v) is 11.5. The summed E-state index contributed by atoms with van der Waals surface area (Å²) in [6.07, 6.45) is 0.944. The number of anilines is 1. The van der Waals surface area contributed by atoms with Gasteiger partial charge in [0.05, 0.1) is 0 Å². The van der Waals surface area contributed by atoms with Crippen LogP contribution in [0.2, 0.25) is 0 Å². The number of carbonyl (C=O) groups excluding carboxylic acids is 1. The van der Waals surface area contributed by atoms with Gasteiger partial charge in [0.15, 0.2) is 0 Å². The Hall–Kier alpha value is -1.51. The van der Waals surface area contributed by atoms with Crippen LogP contribution in [0.5, 0.6) is 0 Å². The first-order chi connectivity index (χ1) is 8.50. The zero-order valence-electron chi connectivity index (χ0n) is 11.5. The lowest BCUT2D eigenvalue weighted by atomic mass is 9.87. The Bertz CT molecular complexity index is 397. The van der Waals surface area contributed by atoms with Crippen molar-refractivity contribution in [2.24, 2.45) is 0 Å². The second kappa shape index (κ2) is 5.01. The molecule has 0 N–H and O–H groups in total. The first kappa shape index (κ1) is 12.9. The highest BCUT2D eigenvalue weighted by molar-refractivity contribution is 5.52. The van der Waals surface area contributed by atoms with Crippen molar-refractivity contribution in [3.63, 3.8) is 0 Å². The molecule has 1 heterocycles. The maximum absolute atomic E-state index is 10.7. The molecule has 3 nitrogen and oxygen atoms in total. The number of amides is 1. The SMILES string of the molecule is CC(C)(C)c1ccc(N2CCN(C=O)CC2)cc1. The van der Waals surface area contributed by atoms with Crippen molar-refractivity contribution in [2.75, 3.05) is 31.1 Å². The Kier molecular flexibility index (Phi) is 3.60. The molecule has 1 saturated heterocycles. The van der Waals surface area contributed by atoms with Gasteiger partial charge in [-0.25, -0.2) is 0 Å². The van der Waals surface area contributed by atoms with Crippen LogP contribution >= 0.6 is 0 Å². The van der Waals surface area contributed by atoms with Gasteiger partial charge in [-0.05, 0) is 23.1 Å². The maximum atomic E-state index is 10.7. The molecule has 0 atom stereocenters. The Labute approximate surface area is 109 Å². The van der Waals surface area contributed by atoms with E-state index >= 15 is 0 Å². The van der Waals surface area contributed by atoms with Gasteiger partial charge in [0.25, 0.3) is 0 Å². The van der Waals surface area contributed by atoms with E-state index in [0.717, 1.165) is 32.6 Å². The normalized spacial score (nSPS) is 16.8. The van der Waals surface area contributed by atoms with E-state index in [2.05, 4.69) is 49.9 Å². The van der Waals surface area contributed by atoms with Crippen LogP contribution in [0.3, 0.4) is 0 Å². The highest BCUT2D eigenvalue weighted by Gasteiger charge is 2.17. The lowest BCUT2D eigenvalue weighted by molar-refractivity contribution is -0.118. The molecule has 18 heavy (non-hydrogen) atoms. The molecule has 1 aromatic carbocycles. The molecule has 1 aliphatic rings.